The fourth-order valence-corrected chi connectivity index (χ4v) is 5.49. The van der Waals surface area contributed by atoms with Gasteiger partial charge in [-0.1, -0.05) is 35.1 Å². The van der Waals surface area contributed by atoms with E-state index in [0.717, 1.165) is 16.9 Å². The zero-order valence-corrected chi connectivity index (χ0v) is 20.2. The van der Waals surface area contributed by atoms with Crippen molar-refractivity contribution in [2.45, 2.75) is 19.4 Å². The van der Waals surface area contributed by atoms with E-state index in [1.165, 1.54) is 49.0 Å². The van der Waals surface area contributed by atoms with Crippen LogP contribution in [0.1, 0.15) is 24.0 Å². The minimum atomic E-state index is 0.118. The van der Waals surface area contributed by atoms with Gasteiger partial charge in [0.2, 0.25) is 6.79 Å². The van der Waals surface area contributed by atoms with Crippen molar-refractivity contribution in [1.29, 1.82) is 5.26 Å². The molecule has 8 nitrogen and oxygen atoms in total. The fraction of sp³-hybridized carbons (Fsp3) is 0.240. The SMILES string of the molecule is N#Cc1cnc2nc(Nc3ccc(CN4CCCC4)cc3)sc2c1Nc1c(Cl)ccc2c1OCO2. The van der Waals surface area contributed by atoms with Crippen molar-refractivity contribution in [2.24, 2.45) is 0 Å². The van der Waals surface area contributed by atoms with Crippen LogP contribution in [0, 0.1) is 11.3 Å². The van der Waals surface area contributed by atoms with Crippen LogP contribution in [0.3, 0.4) is 0 Å². The van der Waals surface area contributed by atoms with Crippen LogP contribution in [-0.2, 0) is 6.54 Å². The third-order valence-electron chi connectivity index (χ3n) is 6.09. The Balaban J connectivity index is 1.28. The average molecular weight is 505 g/mol. The second kappa shape index (κ2) is 9.23. The van der Waals surface area contributed by atoms with E-state index in [2.05, 4.69) is 55.8 Å². The summed E-state index contributed by atoms with van der Waals surface area (Å²) in [6.45, 7) is 3.45. The molecular weight excluding hydrogens is 484 g/mol. The molecule has 6 rings (SSSR count). The molecule has 2 aromatic carbocycles. The lowest BCUT2D eigenvalue weighted by molar-refractivity contribution is 0.174. The Morgan fingerprint density at radius 1 is 1.06 bits per heavy atom. The number of nitriles is 1. The molecule has 176 valence electrons. The number of aromatic nitrogens is 2. The number of fused-ring (bicyclic) bond motifs is 2. The van der Waals surface area contributed by atoms with Crippen molar-refractivity contribution in [1.82, 2.24) is 14.9 Å². The Labute approximate surface area is 211 Å². The molecule has 2 aliphatic heterocycles. The number of halogens is 1. The number of thiazole rings is 1. The highest BCUT2D eigenvalue weighted by Gasteiger charge is 2.23. The first-order valence-corrected chi connectivity index (χ1v) is 12.5. The minimum absolute atomic E-state index is 0.118. The van der Waals surface area contributed by atoms with Crippen LogP contribution in [0.15, 0.2) is 42.6 Å². The Morgan fingerprint density at radius 2 is 1.89 bits per heavy atom. The van der Waals surface area contributed by atoms with E-state index in [-0.39, 0.29) is 6.79 Å². The monoisotopic (exact) mass is 504 g/mol. The quantitative estimate of drug-likeness (QED) is 0.328. The maximum absolute atomic E-state index is 9.73. The van der Waals surface area contributed by atoms with Crippen LogP contribution in [0.5, 0.6) is 11.5 Å². The number of nitrogens with zero attached hydrogens (tertiary/aromatic N) is 4. The topological polar surface area (TPSA) is 95.3 Å². The van der Waals surface area contributed by atoms with Crippen LogP contribution >= 0.6 is 22.9 Å². The summed E-state index contributed by atoms with van der Waals surface area (Å²) in [5.74, 6) is 1.11. The number of likely N-dealkylation sites (tertiary alicyclic amines) is 1. The number of anilines is 4. The van der Waals surface area contributed by atoms with Crippen LogP contribution < -0.4 is 20.1 Å². The maximum Gasteiger partial charge on any atom is 0.231 e. The molecule has 0 amide bonds. The van der Waals surface area contributed by atoms with Gasteiger partial charge < -0.3 is 20.1 Å². The predicted molar refractivity (Wildman–Crippen MR) is 137 cm³/mol. The first-order chi connectivity index (χ1) is 17.2. The molecule has 0 saturated carbocycles. The highest BCUT2D eigenvalue weighted by atomic mass is 35.5. The molecule has 0 bridgehead atoms. The number of nitrogens with one attached hydrogen (secondary N) is 2. The molecule has 1 saturated heterocycles. The summed E-state index contributed by atoms with van der Waals surface area (Å²) in [6, 6.07) is 14.1. The molecule has 2 aromatic heterocycles. The molecule has 1 fully saturated rings. The molecule has 35 heavy (non-hydrogen) atoms. The van der Waals surface area contributed by atoms with Crippen LogP contribution in [0.2, 0.25) is 5.02 Å². The summed E-state index contributed by atoms with van der Waals surface area (Å²) in [4.78, 5) is 11.5. The number of pyridine rings is 1. The van der Waals surface area contributed by atoms with E-state index in [9.17, 15) is 5.26 Å². The van der Waals surface area contributed by atoms with Crippen molar-refractivity contribution in [3.05, 3.63) is 58.7 Å². The van der Waals surface area contributed by atoms with E-state index in [4.69, 9.17) is 21.1 Å². The van der Waals surface area contributed by atoms with E-state index in [1.54, 1.807) is 12.1 Å². The first-order valence-electron chi connectivity index (χ1n) is 11.3. The largest absolute Gasteiger partial charge is 0.454 e. The third-order valence-corrected chi connectivity index (χ3v) is 7.38. The van der Waals surface area contributed by atoms with Crippen LogP contribution in [0.25, 0.3) is 10.3 Å². The van der Waals surface area contributed by atoms with Crippen molar-refractivity contribution in [2.75, 3.05) is 30.5 Å². The number of ether oxygens (including phenoxy) is 2. The zero-order chi connectivity index (χ0) is 23.8. The molecule has 0 radical (unpaired) electrons. The number of benzene rings is 2. The highest BCUT2D eigenvalue weighted by molar-refractivity contribution is 7.22. The molecule has 0 aliphatic carbocycles. The maximum atomic E-state index is 9.73. The van der Waals surface area contributed by atoms with Gasteiger partial charge in [-0.05, 0) is 55.8 Å². The number of hydrogen-bond donors (Lipinski definition) is 2. The smallest absolute Gasteiger partial charge is 0.231 e. The van der Waals surface area contributed by atoms with Gasteiger partial charge >= 0.3 is 0 Å². The second-order valence-electron chi connectivity index (χ2n) is 8.42. The van der Waals surface area contributed by atoms with Crippen molar-refractivity contribution >= 4 is 55.5 Å². The number of rotatable bonds is 6. The zero-order valence-electron chi connectivity index (χ0n) is 18.7. The van der Waals surface area contributed by atoms with E-state index in [0.29, 0.717) is 44.2 Å². The van der Waals surface area contributed by atoms with Crippen molar-refractivity contribution in [3.8, 4) is 17.6 Å². The van der Waals surface area contributed by atoms with Crippen LogP contribution in [0.4, 0.5) is 22.2 Å². The normalized spacial score (nSPS) is 14.9. The first kappa shape index (κ1) is 21.9. The highest BCUT2D eigenvalue weighted by Crippen LogP contribution is 2.46. The standard InChI is InChI=1S/C25H21ClN6O2S/c26-18-7-8-19-22(34-14-33-19)21(18)30-20-16(11-27)12-28-24-23(20)35-25(31-24)29-17-5-3-15(4-6-17)13-32-9-1-2-10-32/h3-8,12H,1-2,9-10,13-14H2,(H2,28,29,30,31). The van der Waals surface area contributed by atoms with E-state index < -0.39 is 0 Å². The van der Waals surface area contributed by atoms with E-state index >= 15 is 0 Å². The molecular formula is C25H21ClN6O2S. The fourth-order valence-electron chi connectivity index (χ4n) is 4.34. The van der Waals surface area contributed by atoms with Gasteiger partial charge in [-0.25, -0.2) is 4.98 Å². The Bertz CT molecular complexity index is 1440. The summed E-state index contributed by atoms with van der Waals surface area (Å²) >= 11 is 7.87. The van der Waals surface area contributed by atoms with Gasteiger partial charge in [0.1, 0.15) is 16.5 Å². The summed E-state index contributed by atoms with van der Waals surface area (Å²) in [6.07, 6.45) is 4.08. The van der Waals surface area contributed by atoms with E-state index in [1.807, 2.05) is 0 Å². The summed E-state index contributed by atoms with van der Waals surface area (Å²) in [5.41, 5.74) is 4.28. The lowest BCUT2D eigenvalue weighted by Crippen LogP contribution is -2.18. The van der Waals surface area contributed by atoms with Gasteiger partial charge in [0.15, 0.2) is 22.3 Å². The van der Waals surface area contributed by atoms with Gasteiger partial charge in [-0.15, -0.1) is 0 Å². The molecule has 0 atom stereocenters. The predicted octanol–water partition coefficient (Wildman–Crippen LogP) is 6.03. The lowest BCUT2D eigenvalue weighted by atomic mass is 10.2. The molecule has 4 aromatic rings. The lowest BCUT2D eigenvalue weighted by Gasteiger charge is -2.14. The number of hydrogen-bond acceptors (Lipinski definition) is 9. The molecule has 2 N–H and O–H groups in total. The Morgan fingerprint density at radius 3 is 2.69 bits per heavy atom. The van der Waals surface area contributed by atoms with Gasteiger partial charge in [0, 0.05) is 18.4 Å². The Hall–Kier alpha value is -3.58. The molecule has 0 unspecified atom stereocenters. The molecule has 0 spiro atoms. The second-order valence-corrected chi connectivity index (χ2v) is 9.82. The summed E-state index contributed by atoms with van der Waals surface area (Å²) < 4.78 is 11.8. The van der Waals surface area contributed by atoms with Gasteiger partial charge in [0.05, 0.1) is 16.3 Å². The van der Waals surface area contributed by atoms with Gasteiger partial charge in [-0.3, -0.25) is 4.90 Å². The van der Waals surface area contributed by atoms with Crippen LogP contribution in [-0.4, -0.2) is 34.8 Å². The third kappa shape index (κ3) is 4.32. The van der Waals surface area contributed by atoms with Gasteiger partial charge in [-0.2, -0.15) is 10.2 Å². The van der Waals surface area contributed by atoms with Crippen molar-refractivity contribution in [3.63, 3.8) is 0 Å². The minimum Gasteiger partial charge on any atom is -0.454 e. The van der Waals surface area contributed by atoms with Gasteiger partial charge in [0.25, 0.3) is 0 Å². The molecule has 10 heteroatoms. The van der Waals surface area contributed by atoms with Crippen molar-refractivity contribution < 1.29 is 9.47 Å². The molecule has 4 heterocycles. The summed E-state index contributed by atoms with van der Waals surface area (Å²) in [7, 11) is 0. The molecule has 2 aliphatic rings. The Kier molecular flexibility index (Phi) is 5.78. The summed E-state index contributed by atoms with van der Waals surface area (Å²) in [5, 5.41) is 17.5. The average Bonchev–Trinajstić information content (AvgIpc) is 3.63.